The Morgan fingerprint density at radius 1 is 1.38 bits per heavy atom. The fourth-order valence-electron chi connectivity index (χ4n) is 3.20. The Morgan fingerprint density at radius 2 is 2.08 bits per heavy atom. The highest BCUT2D eigenvalue weighted by molar-refractivity contribution is 7.13. The van der Waals surface area contributed by atoms with E-state index >= 15 is 0 Å². The molecule has 3 rings (SSSR count). The number of nitrogens with two attached hydrogens (primary N) is 1. The third kappa shape index (κ3) is 4.55. The van der Waals surface area contributed by atoms with Gasteiger partial charge in [-0.3, -0.25) is 4.79 Å². The minimum absolute atomic E-state index is 0. The summed E-state index contributed by atoms with van der Waals surface area (Å²) in [6.45, 7) is 7.43. The highest BCUT2D eigenvalue weighted by Crippen LogP contribution is 2.29. The van der Waals surface area contributed by atoms with Crippen molar-refractivity contribution in [1.82, 2.24) is 9.88 Å². The van der Waals surface area contributed by atoms with Gasteiger partial charge in [0.15, 0.2) is 0 Å². The second-order valence-corrected chi connectivity index (χ2v) is 7.73. The maximum absolute atomic E-state index is 12.7. The van der Waals surface area contributed by atoms with Gasteiger partial charge in [-0.25, -0.2) is 4.98 Å². The second kappa shape index (κ2) is 8.84. The molecule has 1 aromatic carbocycles. The zero-order valence-electron chi connectivity index (χ0n) is 15.3. The van der Waals surface area contributed by atoms with Crippen LogP contribution in [0.15, 0.2) is 29.6 Å². The van der Waals surface area contributed by atoms with Crippen LogP contribution in [0.2, 0.25) is 0 Å². The van der Waals surface area contributed by atoms with Gasteiger partial charge in [0, 0.05) is 23.5 Å². The molecule has 2 atom stereocenters. The van der Waals surface area contributed by atoms with E-state index < -0.39 is 0 Å². The smallest absolute Gasteiger partial charge is 0.273 e. The number of thiazole rings is 1. The number of amides is 1. The van der Waals surface area contributed by atoms with E-state index in [2.05, 4.69) is 11.9 Å². The lowest BCUT2D eigenvalue weighted by atomic mass is 10.1. The maximum atomic E-state index is 12.7. The summed E-state index contributed by atoms with van der Waals surface area (Å²) in [7, 11) is 0. The van der Waals surface area contributed by atoms with Gasteiger partial charge in [0.05, 0.1) is 6.10 Å². The molecule has 2 unspecified atom stereocenters. The molecule has 1 aliphatic heterocycles. The molecule has 0 radical (unpaired) electrons. The van der Waals surface area contributed by atoms with E-state index in [0.29, 0.717) is 18.2 Å². The Bertz CT molecular complexity index is 733. The van der Waals surface area contributed by atoms with Crippen LogP contribution in [0.25, 0.3) is 10.6 Å². The average molecular weight is 396 g/mol. The Morgan fingerprint density at radius 3 is 2.65 bits per heavy atom. The van der Waals surface area contributed by atoms with Crippen molar-refractivity contribution in [2.45, 2.75) is 39.3 Å². The summed E-state index contributed by atoms with van der Waals surface area (Å²) in [6, 6.07) is 8.06. The van der Waals surface area contributed by atoms with E-state index in [4.69, 9.17) is 10.5 Å². The zero-order valence-corrected chi connectivity index (χ0v) is 17.0. The summed E-state index contributed by atoms with van der Waals surface area (Å²) in [6.07, 6.45) is 1.12. The van der Waals surface area contributed by atoms with Gasteiger partial charge in [0.2, 0.25) is 0 Å². The summed E-state index contributed by atoms with van der Waals surface area (Å²) in [4.78, 5) is 19.2. The number of nitrogens with zero attached hydrogens (tertiary/aromatic N) is 2. The number of ether oxygens (including phenoxy) is 1. The van der Waals surface area contributed by atoms with Crippen LogP contribution in [0.4, 0.5) is 0 Å². The Labute approximate surface area is 165 Å². The first-order valence-corrected chi connectivity index (χ1v) is 9.59. The fourth-order valence-corrected chi connectivity index (χ4v) is 4.00. The molecule has 1 amide bonds. The minimum Gasteiger partial charge on any atom is -0.491 e. The molecule has 0 bridgehead atoms. The van der Waals surface area contributed by atoms with Crippen molar-refractivity contribution in [1.29, 1.82) is 0 Å². The van der Waals surface area contributed by atoms with Crippen molar-refractivity contribution in [3.8, 4) is 16.3 Å². The number of halogens is 1. The van der Waals surface area contributed by atoms with E-state index in [0.717, 1.165) is 29.3 Å². The van der Waals surface area contributed by atoms with Crippen molar-refractivity contribution in [3.05, 3.63) is 35.3 Å². The van der Waals surface area contributed by atoms with Crippen LogP contribution in [0.3, 0.4) is 0 Å². The molecule has 0 spiro atoms. The van der Waals surface area contributed by atoms with Gasteiger partial charge in [0.25, 0.3) is 5.91 Å². The number of hydrogen-bond donors (Lipinski definition) is 1. The normalized spacial score (nSPS) is 19.5. The fraction of sp³-hybridized carbons (Fsp3) is 0.474. The lowest BCUT2D eigenvalue weighted by Gasteiger charge is -2.20. The standard InChI is InChI=1S/C19H25N3O2S.ClH/c1-12(2)24-16-6-4-15(5-7-16)18-21-17(11-25-18)19(23)22-10-14(9-20)8-13(22)3;/h4-7,11-14H,8-10,20H2,1-3H3;1H. The molecule has 0 aliphatic carbocycles. The lowest BCUT2D eigenvalue weighted by Crippen LogP contribution is -2.34. The van der Waals surface area contributed by atoms with Gasteiger partial charge < -0.3 is 15.4 Å². The summed E-state index contributed by atoms with van der Waals surface area (Å²) in [5.41, 5.74) is 7.27. The Hall–Kier alpha value is -1.63. The molecule has 1 saturated heterocycles. The molecule has 1 aliphatic rings. The molecule has 142 valence electrons. The molecular weight excluding hydrogens is 370 g/mol. The monoisotopic (exact) mass is 395 g/mol. The highest BCUT2D eigenvalue weighted by atomic mass is 35.5. The summed E-state index contributed by atoms with van der Waals surface area (Å²) in [5, 5.41) is 2.69. The first kappa shape index (κ1) is 20.7. The minimum atomic E-state index is 0. The second-order valence-electron chi connectivity index (χ2n) is 6.87. The van der Waals surface area contributed by atoms with Gasteiger partial charge >= 0.3 is 0 Å². The van der Waals surface area contributed by atoms with E-state index in [9.17, 15) is 4.79 Å². The topological polar surface area (TPSA) is 68.5 Å². The van der Waals surface area contributed by atoms with E-state index in [-0.39, 0.29) is 30.5 Å². The molecule has 2 N–H and O–H groups in total. The third-order valence-corrected chi connectivity index (χ3v) is 5.34. The highest BCUT2D eigenvalue weighted by Gasteiger charge is 2.33. The maximum Gasteiger partial charge on any atom is 0.273 e. The molecule has 7 heteroatoms. The Balaban J connectivity index is 0.00000243. The van der Waals surface area contributed by atoms with Crippen molar-refractivity contribution in [2.75, 3.05) is 13.1 Å². The first-order valence-electron chi connectivity index (χ1n) is 8.71. The van der Waals surface area contributed by atoms with Crippen molar-refractivity contribution in [2.24, 2.45) is 11.7 Å². The number of rotatable bonds is 5. The predicted molar refractivity (Wildman–Crippen MR) is 108 cm³/mol. The molecule has 2 aromatic rings. The summed E-state index contributed by atoms with van der Waals surface area (Å²) in [5.74, 6) is 1.24. The summed E-state index contributed by atoms with van der Waals surface area (Å²) >= 11 is 1.49. The zero-order chi connectivity index (χ0) is 18.0. The van der Waals surface area contributed by atoms with Crippen LogP contribution in [0, 0.1) is 5.92 Å². The molecule has 0 saturated carbocycles. The van der Waals surface area contributed by atoms with Crippen LogP contribution in [-0.4, -0.2) is 41.0 Å². The number of carbonyl (C=O) groups excluding carboxylic acids is 1. The van der Waals surface area contributed by atoms with Crippen LogP contribution in [-0.2, 0) is 0 Å². The van der Waals surface area contributed by atoms with Crippen molar-refractivity contribution < 1.29 is 9.53 Å². The number of hydrogen-bond acceptors (Lipinski definition) is 5. The van der Waals surface area contributed by atoms with Gasteiger partial charge in [0.1, 0.15) is 16.5 Å². The van der Waals surface area contributed by atoms with E-state index in [1.165, 1.54) is 11.3 Å². The van der Waals surface area contributed by atoms with Gasteiger partial charge in [-0.1, -0.05) is 0 Å². The van der Waals surface area contributed by atoms with Gasteiger partial charge in [-0.2, -0.15) is 0 Å². The number of likely N-dealkylation sites (tertiary alicyclic amines) is 1. The molecule has 1 aromatic heterocycles. The SMILES string of the molecule is CC(C)Oc1ccc(-c2nc(C(=O)N3CC(CN)CC3C)cs2)cc1.Cl. The van der Waals surface area contributed by atoms with Crippen LogP contribution < -0.4 is 10.5 Å². The predicted octanol–water partition coefficient (Wildman–Crippen LogP) is 3.83. The first-order chi connectivity index (χ1) is 12.0. The lowest BCUT2D eigenvalue weighted by molar-refractivity contribution is 0.0738. The van der Waals surface area contributed by atoms with Gasteiger partial charge in [-0.05, 0) is 63.9 Å². The van der Waals surface area contributed by atoms with Crippen LogP contribution in [0.5, 0.6) is 5.75 Å². The molecule has 1 fully saturated rings. The average Bonchev–Trinajstić information content (AvgIpc) is 3.21. The van der Waals surface area contributed by atoms with Crippen molar-refractivity contribution in [3.63, 3.8) is 0 Å². The molecule has 26 heavy (non-hydrogen) atoms. The largest absolute Gasteiger partial charge is 0.491 e. The van der Waals surface area contributed by atoms with E-state index in [1.807, 2.05) is 48.4 Å². The van der Waals surface area contributed by atoms with E-state index in [1.54, 1.807) is 0 Å². The Kier molecular flexibility index (Phi) is 7.03. The number of benzene rings is 1. The quantitative estimate of drug-likeness (QED) is 0.835. The van der Waals surface area contributed by atoms with Crippen LogP contribution in [0.1, 0.15) is 37.7 Å². The molecular formula is C19H26ClN3O2S. The van der Waals surface area contributed by atoms with Crippen molar-refractivity contribution >= 4 is 29.7 Å². The third-order valence-electron chi connectivity index (χ3n) is 4.45. The van der Waals surface area contributed by atoms with Crippen LogP contribution >= 0.6 is 23.7 Å². The number of carbonyl (C=O) groups is 1. The molecule has 5 nitrogen and oxygen atoms in total. The van der Waals surface area contributed by atoms with Gasteiger partial charge in [-0.15, -0.1) is 23.7 Å². The number of aromatic nitrogens is 1. The molecule has 2 heterocycles. The summed E-state index contributed by atoms with van der Waals surface area (Å²) < 4.78 is 5.66.